The Hall–Kier alpha value is -3.46. The lowest BCUT2D eigenvalue weighted by molar-refractivity contribution is -0.161. The number of rotatable bonds is 15. The van der Waals surface area contributed by atoms with Gasteiger partial charge in [0.15, 0.2) is 9.84 Å². The van der Waals surface area contributed by atoms with E-state index in [1.54, 1.807) is 18.3 Å². The lowest BCUT2D eigenvalue weighted by Gasteiger charge is -2.27. The lowest BCUT2D eigenvalue weighted by Crippen LogP contribution is -2.29. The molecule has 0 bridgehead atoms. The first-order chi connectivity index (χ1) is 22.0. The van der Waals surface area contributed by atoms with E-state index in [1.807, 2.05) is 30.3 Å². The number of ether oxygens (including phenoxy) is 2. The maximum atomic E-state index is 15.5. The molecule has 0 aliphatic rings. The van der Waals surface area contributed by atoms with Crippen molar-refractivity contribution in [2.24, 2.45) is 0 Å². The molecule has 252 valence electrons. The van der Waals surface area contributed by atoms with Crippen molar-refractivity contribution in [2.75, 3.05) is 12.9 Å². The summed E-state index contributed by atoms with van der Waals surface area (Å²) < 4.78 is 85.0. The Bertz CT molecular complexity index is 1930. The fourth-order valence-corrected chi connectivity index (χ4v) is 7.18. The summed E-state index contributed by atoms with van der Waals surface area (Å²) in [5.41, 5.74) is -3.47. The molecule has 0 aliphatic heterocycles. The highest BCUT2D eigenvalue weighted by Gasteiger charge is 2.55. The second-order valence-corrected chi connectivity index (χ2v) is 15.5. The second kappa shape index (κ2) is 14.8. The van der Waals surface area contributed by atoms with E-state index in [0.717, 1.165) is 17.9 Å². The third-order valence-corrected chi connectivity index (χ3v) is 10.1. The molecule has 1 N–H and O–H groups in total. The Morgan fingerprint density at radius 3 is 2.26 bits per heavy atom. The van der Waals surface area contributed by atoms with Crippen molar-refractivity contribution in [3.05, 3.63) is 111 Å². The Balaban J connectivity index is 1.69. The molecule has 4 aromatic rings. The SMILES string of the molecule is CC(C)OC(COC=O)OP(=O)(O)C(F)(F)c1ccc(Cn2c(-c3ccc(S(C)(=O)=O)cc3)cn(Cc3ccccc3)c2=O)cc1Br. The predicted octanol–water partition coefficient (Wildman–Crippen LogP) is 5.75. The molecule has 11 nitrogen and oxygen atoms in total. The van der Waals surface area contributed by atoms with Crippen molar-refractivity contribution < 1.29 is 45.4 Å². The summed E-state index contributed by atoms with van der Waals surface area (Å²) in [6.07, 6.45) is 0.368. The van der Waals surface area contributed by atoms with Crippen molar-refractivity contribution in [2.45, 2.75) is 49.9 Å². The van der Waals surface area contributed by atoms with Gasteiger partial charge in [-0.25, -0.2) is 13.2 Å². The van der Waals surface area contributed by atoms with Crippen LogP contribution in [0.3, 0.4) is 0 Å². The molecule has 3 aromatic carbocycles. The summed E-state index contributed by atoms with van der Waals surface area (Å²) in [6.45, 7) is 2.54. The van der Waals surface area contributed by atoms with Crippen LogP contribution >= 0.6 is 23.5 Å². The van der Waals surface area contributed by atoms with Crippen molar-refractivity contribution in [1.82, 2.24) is 9.13 Å². The summed E-state index contributed by atoms with van der Waals surface area (Å²) in [5.74, 6) is 0. The van der Waals surface area contributed by atoms with E-state index >= 15 is 8.78 Å². The number of hydrogen-bond donors (Lipinski definition) is 1. The van der Waals surface area contributed by atoms with Crippen LogP contribution in [0, 0.1) is 0 Å². The fraction of sp³-hybridized carbons (Fsp3) is 0.290. The van der Waals surface area contributed by atoms with E-state index < -0.39 is 53.4 Å². The molecule has 0 saturated carbocycles. The Morgan fingerprint density at radius 1 is 1.02 bits per heavy atom. The number of alkyl halides is 2. The van der Waals surface area contributed by atoms with Crippen molar-refractivity contribution >= 4 is 39.8 Å². The normalized spacial score (nSPS) is 14.1. The molecule has 0 aliphatic carbocycles. The molecule has 0 amide bonds. The zero-order valence-electron chi connectivity index (χ0n) is 25.5. The first kappa shape index (κ1) is 36.4. The van der Waals surface area contributed by atoms with E-state index in [2.05, 4.69) is 20.7 Å². The number of aromatic nitrogens is 2. The van der Waals surface area contributed by atoms with E-state index in [9.17, 15) is 27.5 Å². The smallest absolute Gasteiger partial charge is 0.404 e. The zero-order chi connectivity index (χ0) is 34.6. The third-order valence-electron chi connectivity index (χ3n) is 6.86. The van der Waals surface area contributed by atoms with Crippen LogP contribution in [-0.4, -0.2) is 54.2 Å². The molecule has 0 fully saturated rings. The van der Waals surface area contributed by atoms with Gasteiger partial charge in [0.1, 0.15) is 6.61 Å². The van der Waals surface area contributed by atoms with Crippen LogP contribution in [-0.2, 0) is 51.9 Å². The first-order valence-corrected chi connectivity index (χ1v) is 18.3. The highest BCUT2D eigenvalue weighted by Crippen LogP contribution is 2.64. The van der Waals surface area contributed by atoms with Gasteiger partial charge in [0.05, 0.1) is 29.8 Å². The molecule has 0 radical (unpaired) electrons. The molecular formula is C31H32BrF2N2O9PS. The van der Waals surface area contributed by atoms with Gasteiger partial charge in [-0.05, 0) is 48.7 Å². The van der Waals surface area contributed by atoms with Crippen LogP contribution in [0.2, 0.25) is 0 Å². The summed E-state index contributed by atoms with van der Waals surface area (Å²) in [5, 5.41) is 0. The minimum Gasteiger partial charge on any atom is -0.462 e. The highest BCUT2D eigenvalue weighted by molar-refractivity contribution is 9.10. The number of halogens is 3. The van der Waals surface area contributed by atoms with E-state index in [-0.39, 0.29) is 28.9 Å². The van der Waals surface area contributed by atoms with Gasteiger partial charge in [0.2, 0.25) is 6.29 Å². The monoisotopic (exact) mass is 756 g/mol. The van der Waals surface area contributed by atoms with E-state index in [4.69, 9.17) is 9.26 Å². The average molecular weight is 758 g/mol. The number of benzene rings is 3. The lowest BCUT2D eigenvalue weighted by atomic mass is 10.1. The molecule has 16 heteroatoms. The number of imidazole rings is 1. The number of carbonyl (C=O) groups is 1. The summed E-state index contributed by atoms with van der Waals surface area (Å²) in [7, 11) is -9.23. The minimum atomic E-state index is -5.77. The van der Waals surface area contributed by atoms with Crippen LogP contribution in [0.1, 0.15) is 30.5 Å². The summed E-state index contributed by atoms with van der Waals surface area (Å²) in [6, 6.07) is 18.8. The Labute approximate surface area is 278 Å². The van der Waals surface area contributed by atoms with Gasteiger partial charge in [-0.2, -0.15) is 8.78 Å². The van der Waals surface area contributed by atoms with Crippen LogP contribution < -0.4 is 5.69 Å². The summed E-state index contributed by atoms with van der Waals surface area (Å²) >= 11 is 3.08. The fourth-order valence-electron chi connectivity index (χ4n) is 4.66. The number of nitrogens with zero attached hydrogens (tertiary/aromatic N) is 2. The molecule has 1 heterocycles. The van der Waals surface area contributed by atoms with Gasteiger partial charge in [-0.1, -0.05) is 70.5 Å². The van der Waals surface area contributed by atoms with Gasteiger partial charge in [-0.3, -0.25) is 23.0 Å². The van der Waals surface area contributed by atoms with Crippen molar-refractivity contribution in [3.8, 4) is 11.3 Å². The molecular weight excluding hydrogens is 725 g/mol. The Morgan fingerprint density at radius 2 is 1.68 bits per heavy atom. The topological polar surface area (TPSA) is 143 Å². The number of carbonyl (C=O) groups excluding carboxylic acids is 1. The molecule has 47 heavy (non-hydrogen) atoms. The molecule has 0 saturated heterocycles. The molecule has 0 spiro atoms. The van der Waals surface area contributed by atoms with Gasteiger partial charge >= 0.3 is 18.9 Å². The quantitative estimate of drug-likeness (QED) is 0.0911. The largest absolute Gasteiger partial charge is 0.462 e. The second-order valence-electron chi connectivity index (χ2n) is 10.8. The Kier molecular flexibility index (Phi) is 11.4. The average Bonchev–Trinajstić information content (AvgIpc) is 3.29. The summed E-state index contributed by atoms with van der Waals surface area (Å²) in [4.78, 5) is 34.7. The van der Waals surface area contributed by atoms with Crippen LogP contribution in [0.4, 0.5) is 8.78 Å². The highest BCUT2D eigenvalue weighted by atomic mass is 79.9. The number of sulfone groups is 1. The first-order valence-electron chi connectivity index (χ1n) is 14.1. The minimum absolute atomic E-state index is 0.0209. The van der Waals surface area contributed by atoms with Crippen LogP contribution in [0.5, 0.6) is 0 Å². The molecule has 1 aromatic heterocycles. The van der Waals surface area contributed by atoms with Gasteiger partial charge in [0, 0.05) is 22.5 Å². The van der Waals surface area contributed by atoms with Crippen molar-refractivity contribution in [1.29, 1.82) is 0 Å². The van der Waals surface area contributed by atoms with Crippen LogP contribution in [0.15, 0.2) is 93.2 Å². The maximum absolute atomic E-state index is 15.5. The molecule has 2 atom stereocenters. The third kappa shape index (κ3) is 8.72. The van der Waals surface area contributed by atoms with E-state index in [0.29, 0.717) is 16.8 Å². The van der Waals surface area contributed by atoms with E-state index in [1.165, 1.54) is 47.2 Å². The zero-order valence-corrected chi connectivity index (χ0v) is 28.8. The maximum Gasteiger partial charge on any atom is 0.404 e. The van der Waals surface area contributed by atoms with Gasteiger partial charge in [0.25, 0.3) is 6.47 Å². The number of hydrogen-bond acceptors (Lipinski definition) is 8. The van der Waals surface area contributed by atoms with Crippen LogP contribution in [0.25, 0.3) is 11.3 Å². The molecule has 4 rings (SSSR count). The molecule has 2 unspecified atom stereocenters. The van der Waals surface area contributed by atoms with Gasteiger partial charge in [-0.15, -0.1) is 0 Å². The predicted molar refractivity (Wildman–Crippen MR) is 173 cm³/mol. The van der Waals surface area contributed by atoms with Gasteiger partial charge < -0.3 is 14.4 Å². The van der Waals surface area contributed by atoms with Crippen molar-refractivity contribution in [3.63, 3.8) is 0 Å². The standard InChI is InChI=1S/C31H32BrF2N2O9PS/c1-21(2)44-29(19-43-20-37)45-46(39,40)31(33,34)26-14-9-23(15-27(26)32)17-36-28(24-10-12-25(13-11-24)47(3,41)42)18-35(30(36)38)16-22-7-5-4-6-8-22/h4-15,18,20-21,29H,16-17,19H2,1-3H3,(H,39,40).